The van der Waals surface area contributed by atoms with Crippen LogP contribution in [0.4, 0.5) is 4.79 Å². The summed E-state index contributed by atoms with van der Waals surface area (Å²) < 4.78 is 0. The van der Waals surface area contributed by atoms with Crippen LogP contribution in [0.1, 0.15) is 51.0 Å². The summed E-state index contributed by atoms with van der Waals surface area (Å²) in [5.74, 6) is 0.0312. The number of aliphatic hydroxyl groups is 2. The molecule has 0 saturated carbocycles. The molecule has 1 aliphatic heterocycles. The van der Waals surface area contributed by atoms with Crippen LogP contribution in [0.3, 0.4) is 0 Å². The van der Waals surface area contributed by atoms with Gasteiger partial charge in [-0.15, -0.1) is 0 Å². The minimum absolute atomic E-state index is 0.0312. The highest BCUT2D eigenvalue weighted by Gasteiger charge is 2.32. The van der Waals surface area contributed by atoms with Crippen molar-refractivity contribution < 1.29 is 15.0 Å². The number of likely N-dealkylation sites (tertiary alicyclic amines) is 1. The molecule has 0 bridgehead atoms. The molecule has 1 aromatic rings. The minimum atomic E-state index is -0.332. The highest BCUT2D eigenvalue weighted by molar-refractivity contribution is 5.74. The number of aliphatic hydroxyl groups excluding tert-OH is 2. The molecule has 5 heteroatoms. The van der Waals surface area contributed by atoms with Gasteiger partial charge in [0.25, 0.3) is 0 Å². The van der Waals surface area contributed by atoms with E-state index >= 15 is 0 Å². The average molecular weight is 348 g/mol. The van der Waals surface area contributed by atoms with Crippen molar-refractivity contribution in [2.24, 2.45) is 5.41 Å². The Morgan fingerprint density at radius 2 is 2.00 bits per heavy atom. The molecule has 1 aliphatic rings. The van der Waals surface area contributed by atoms with E-state index in [9.17, 15) is 15.0 Å². The lowest BCUT2D eigenvalue weighted by atomic mass is 9.75. The van der Waals surface area contributed by atoms with Gasteiger partial charge in [-0.2, -0.15) is 0 Å². The van der Waals surface area contributed by atoms with E-state index in [1.54, 1.807) is 0 Å². The second kappa shape index (κ2) is 9.20. The minimum Gasteiger partial charge on any atom is -0.396 e. The van der Waals surface area contributed by atoms with Gasteiger partial charge in [-0.1, -0.05) is 44.2 Å². The molecule has 0 aromatic heterocycles. The van der Waals surface area contributed by atoms with Gasteiger partial charge in [-0.3, -0.25) is 0 Å². The number of nitrogens with zero attached hydrogens (tertiary/aromatic N) is 1. The average Bonchev–Trinajstić information content (AvgIpc) is 2.63. The number of benzene rings is 1. The van der Waals surface area contributed by atoms with Crippen molar-refractivity contribution in [2.45, 2.75) is 51.5 Å². The topological polar surface area (TPSA) is 72.8 Å². The molecule has 1 aromatic carbocycles. The van der Waals surface area contributed by atoms with E-state index in [1.165, 1.54) is 0 Å². The Morgan fingerprint density at radius 1 is 1.28 bits per heavy atom. The van der Waals surface area contributed by atoms with Crippen molar-refractivity contribution in [3.05, 3.63) is 35.9 Å². The molecule has 2 unspecified atom stereocenters. The molecule has 1 saturated heterocycles. The summed E-state index contributed by atoms with van der Waals surface area (Å²) in [6.45, 7) is 5.44. The fraction of sp³-hybridized carbons (Fsp3) is 0.650. The maximum Gasteiger partial charge on any atom is 0.317 e. The quantitative estimate of drug-likeness (QED) is 0.709. The Labute approximate surface area is 151 Å². The normalized spacial score (nSPS) is 19.5. The standard InChI is InChI=1S/C20H32N2O3/c1-20(2,15-24)18(16-8-4-3-5-9-16)14-21-19(25)22-12-7-6-10-17(22)11-13-23/h3-5,8-9,17-18,23-24H,6-7,10-15H2,1-2H3,(H,21,25). The van der Waals surface area contributed by atoms with Crippen LogP contribution in [0.15, 0.2) is 30.3 Å². The van der Waals surface area contributed by atoms with Gasteiger partial charge in [0.15, 0.2) is 0 Å². The van der Waals surface area contributed by atoms with Crippen LogP contribution in [-0.4, -0.2) is 53.5 Å². The Bertz CT molecular complexity index is 531. The first-order valence-corrected chi connectivity index (χ1v) is 9.30. The van der Waals surface area contributed by atoms with Gasteiger partial charge in [-0.05, 0) is 36.7 Å². The molecule has 5 nitrogen and oxygen atoms in total. The number of carbonyl (C=O) groups is 1. The van der Waals surface area contributed by atoms with Crippen molar-refractivity contribution in [2.75, 3.05) is 26.3 Å². The van der Waals surface area contributed by atoms with Crippen molar-refractivity contribution >= 4 is 6.03 Å². The molecule has 2 atom stereocenters. The number of nitrogens with one attached hydrogen (secondary N) is 1. The lowest BCUT2D eigenvalue weighted by Crippen LogP contribution is -2.50. The van der Waals surface area contributed by atoms with Crippen LogP contribution in [0, 0.1) is 5.41 Å². The maximum absolute atomic E-state index is 12.7. The molecule has 2 rings (SSSR count). The predicted octanol–water partition coefficient (Wildman–Crippen LogP) is 2.74. The molecular formula is C20H32N2O3. The maximum atomic E-state index is 12.7. The fourth-order valence-corrected chi connectivity index (χ4v) is 3.65. The Morgan fingerprint density at radius 3 is 2.64 bits per heavy atom. The second-order valence-electron chi connectivity index (χ2n) is 7.65. The molecule has 0 spiro atoms. The van der Waals surface area contributed by atoms with Crippen molar-refractivity contribution in [3.8, 4) is 0 Å². The van der Waals surface area contributed by atoms with E-state index in [4.69, 9.17) is 0 Å². The summed E-state index contributed by atoms with van der Waals surface area (Å²) in [6, 6.07) is 10.1. The first kappa shape index (κ1) is 19.7. The third-order valence-corrected chi connectivity index (χ3v) is 5.36. The van der Waals surface area contributed by atoms with E-state index in [0.717, 1.165) is 31.4 Å². The molecule has 1 heterocycles. The third-order valence-electron chi connectivity index (χ3n) is 5.36. The third kappa shape index (κ3) is 5.19. The zero-order valence-corrected chi connectivity index (χ0v) is 15.4. The lowest BCUT2D eigenvalue weighted by molar-refractivity contribution is 0.118. The molecule has 2 amide bonds. The number of carbonyl (C=O) groups excluding carboxylic acids is 1. The van der Waals surface area contributed by atoms with Crippen LogP contribution < -0.4 is 5.32 Å². The van der Waals surface area contributed by atoms with Crippen molar-refractivity contribution in [1.29, 1.82) is 0 Å². The fourth-order valence-electron chi connectivity index (χ4n) is 3.65. The number of hydrogen-bond donors (Lipinski definition) is 3. The molecule has 140 valence electrons. The first-order valence-electron chi connectivity index (χ1n) is 9.30. The Hall–Kier alpha value is -1.59. The number of amides is 2. The highest BCUT2D eigenvalue weighted by Crippen LogP contribution is 2.34. The van der Waals surface area contributed by atoms with Gasteiger partial charge in [0.2, 0.25) is 0 Å². The summed E-state index contributed by atoms with van der Waals surface area (Å²) >= 11 is 0. The summed E-state index contributed by atoms with van der Waals surface area (Å²) in [5.41, 5.74) is 0.786. The molecule has 3 N–H and O–H groups in total. The molecule has 0 radical (unpaired) electrons. The van der Waals surface area contributed by atoms with E-state index in [0.29, 0.717) is 13.0 Å². The second-order valence-corrected chi connectivity index (χ2v) is 7.65. The van der Waals surface area contributed by atoms with E-state index in [1.807, 2.05) is 49.1 Å². The van der Waals surface area contributed by atoms with Crippen LogP contribution in [0.5, 0.6) is 0 Å². The van der Waals surface area contributed by atoms with Gasteiger partial charge in [0, 0.05) is 38.3 Å². The molecule has 25 heavy (non-hydrogen) atoms. The summed E-state index contributed by atoms with van der Waals surface area (Å²) in [5, 5.41) is 22.1. The molecule has 0 aliphatic carbocycles. The van der Waals surface area contributed by atoms with E-state index in [-0.39, 0.29) is 36.6 Å². The zero-order chi connectivity index (χ0) is 18.3. The van der Waals surface area contributed by atoms with E-state index in [2.05, 4.69) is 5.32 Å². The molecule has 1 fully saturated rings. The number of urea groups is 1. The molecular weight excluding hydrogens is 316 g/mol. The van der Waals surface area contributed by atoms with Gasteiger partial charge in [0.05, 0.1) is 0 Å². The zero-order valence-electron chi connectivity index (χ0n) is 15.4. The van der Waals surface area contributed by atoms with Gasteiger partial charge >= 0.3 is 6.03 Å². The predicted molar refractivity (Wildman–Crippen MR) is 99.5 cm³/mol. The van der Waals surface area contributed by atoms with Crippen LogP contribution in [-0.2, 0) is 0 Å². The summed E-state index contributed by atoms with van der Waals surface area (Å²) in [7, 11) is 0. The van der Waals surface area contributed by atoms with Crippen LogP contribution in [0.2, 0.25) is 0 Å². The van der Waals surface area contributed by atoms with Crippen LogP contribution in [0.25, 0.3) is 0 Å². The Kier molecular flexibility index (Phi) is 7.26. The van der Waals surface area contributed by atoms with Gasteiger partial charge in [-0.25, -0.2) is 4.79 Å². The van der Waals surface area contributed by atoms with Crippen molar-refractivity contribution in [1.82, 2.24) is 10.2 Å². The Balaban J connectivity index is 2.05. The monoisotopic (exact) mass is 348 g/mol. The van der Waals surface area contributed by atoms with Crippen molar-refractivity contribution in [3.63, 3.8) is 0 Å². The summed E-state index contributed by atoms with van der Waals surface area (Å²) in [6.07, 6.45) is 3.72. The first-order chi connectivity index (χ1) is 12.0. The lowest BCUT2D eigenvalue weighted by Gasteiger charge is -2.37. The highest BCUT2D eigenvalue weighted by atomic mass is 16.3. The van der Waals surface area contributed by atoms with E-state index < -0.39 is 0 Å². The number of rotatable bonds is 7. The van der Waals surface area contributed by atoms with Gasteiger partial charge in [0.1, 0.15) is 0 Å². The smallest absolute Gasteiger partial charge is 0.317 e. The van der Waals surface area contributed by atoms with Gasteiger partial charge < -0.3 is 20.4 Å². The van der Waals surface area contributed by atoms with Crippen LogP contribution >= 0.6 is 0 Å². The number of hydrogen-bond acceptors (Lipinski definition) is 3. The SMILES string of the molecule is CC(C)(CO)C(CNC(=O)N1CCCCC1CCO)c1ccccc1. The number of piperidine rings is 1. The largest absolute Gasteiger partial charge is 0.396 e. The summed E-state index contributed by atoms with van der Waals surface area (Å²) in [4.78, 5) is 14.6.